The van der Waals surface area contributed by atoms with Gasteiger partial charge in [-0.3, -0.25) is 14.6 Å². The van der Waals surface area contributed by atoms with Gasteiger partial charge in [0.15, 0.2) is 0 Å². The lowest BCUT2D eigenvalue weighted by atomic mass is 9.88. The van der Waals surface area contributed by atoms with Crippen LogP contribution in [0, 0.1) is 6.92 Å². The summed E-state index contributed by atoms with van der Waals surface area (Å²) in [7, 11) is 1.61. The molecule has 6 nitrogen and oxygen atoms in total. The standard InChI is InChI=1S/C24H27N3O3/c1-17-6-10-19(11-7-17)25-21(28)16-27-23(29)22(18-8-12-20(30-2)13-9-18)26-24(27)14-4-3-5-15-24/h6-13H,3-5,14-16H2,1-2H3,(H,25,28). The van der Waals surface area contributed by atoms with Crippen molar-refractivity contribution in [1.29, 1.82) is 0 Å². The molecule has 1 aliphatic heterocycles. The zero-order chi connectivity index (χ0) is 21.1. The Balaban J connectivity index is 1.57. The normalized spacial score (nSPS) is 17.7. The fourth-order valence-corrected chi connectivity index (χ4v) is 4.27. The maximum atomic E-state index is 13.4. The van der Waals surface area contributed by atoms with Crippen LogP contribution in [0.1, 0.15) is 43.2 Å². The Bertz CT molecular complexity index is 958. The molecule has 30 heavy (non-hydrogen) atoms. The molecule has 2 aromatic carbocycles. The number of amides is 2. The van der Waals surface area contributed by atoms with Gasteiger partial charge in [0, 0.05) is 11.3 Å². The predicted molar refractivity (Wildman–Crippen MR) is 117 cm³/mol. The number of aliphatic imine (C=N–C) groups is 1. The van der Waals surface area contributed by atoms with Gasteiger partial charge in [-0.25, -0.2) is 0 Å². The zero-order valence-electron chi connectivity index (χ0n) is 17.5. The number of carbonyl (C=O) groups is 2. The van der Waals surface area contributed by atoms with Crippen LogP contribution in [-0.2, 0) is 9.59 Å². The molecule has 0 aromatic heterocycles. The molecule has 1 heterocycles. The fourth-order valence-electron chi connectivity index (χ4n) is 4.27. The van der Waals surface area contributed by atoms with Crippen molar-refractivity contribution >= 4 is 23.2 Å². The van der Waals surface area contributed by atoms with E-state index < -0.39 is 5.66 Å². The molecule has 6 heteroatoms. The molecule has 156 valence electrons. The van der Waals surface area contributed by atoms with Crippen molar-refractivity contribution in [3.8, 4) is 5.75 Å². The van der Waals surface area contributed by atoms with E-state index in [0.29, 0.717) is 5.71 Å². The number of carbonyl (C=O) groups excluding carboxylic acids is 2. The van der Waals surface area contributed by atoms with Crippen LogP contribution in [-0.4, -0.2) is 41.7 Å². The van der Waals surface area contributed by atoms with E-state index in [2.05, 4.69) is 5.32 Å². The van der Waals surface area contributed by atoms with Gasteiger partial charge in [-0.05, 0) is 69.0 Å². The van der Waals surface area contributed by atoms with E-state index in [1.165, 1.54) is 0 Å². The minimum Gasteiger partial charge on any atom is -0.497 e. The summed E-state index contributed by atoms with van der Waals surface area (Å²) in [5.74, 6) is 0.343. The number of benzene rings is 2. The zero-order valence-corrected chi connectivity index (χ0v) is 17.5. The van der Waals surface area contributed by atoms with Crippen molar-refractivity contribution in [3.63, 3.8) is 0 Å². The van der Waals surface area contributed by atoms with Gasteiger partial charge in [-0.15, -0.1) is 0 Å². The molecule has 1 saturated carbocycles. The van der Waals surface area contributed by atoms with Gasteiger partial charge < -0.3 is 15.0 Å². The summed E-state index contributed by atoms with van der Waals surface area (Å²) in [6.45, 7) is 2.00. The number of rotatable bonds is 5. The molecule has 1 spiro atoms. The summed E-state index contributed by atoms with van der Waals surface area (Å²) in [5.41, 5.74) is 2.43. The molecular weight excluding hydrogens is 378 g/mol. The Morgan fingerprint density at radius 1 is 1.07 bits per heavy atom. The average Bonchev–Trinajstić information content (AvgIpc) is 3.02. The summed E-state index contributed by atoms with van der Waals surface area (Å²) < 4.78 is 5.22. The predicted octanol–water partition coefficient (Wildman–Crippen LogP) is 3.93. The average molecular weight is 405 g/mol. The van der Waals surface area contributed by atoms with Crippen molar-refractivity contribution in [2.75, 3.05) is 19.0 Å². The van der Waals surface area contributed by atoms with Crippen molar-refractivity contribution in [2.45, 2.75) is 44.7 Å². The largest absolute Gasteiger partial charge is 0.497 e. The van der Waals surface area contributed by atoms with Crippen LogP contribution in [0.15, 0.2) is 53.5 Å². The van der Waals surface area contributed by atoms with E-state index in [4.69, 9.17) is 9.73 Å². The van der Waals surface area contributed by atoms with E-state index in [9.17, 15) is 9.59 Å². The van der Waals surface area contributed by atoms with Gasteiger partial charge in [0.25, 0.3) is 5.91 Å². The Morgan fingerprint density at radius 2 is 1.73 bits per heavy atom. The Hall–Kier alpha value is -3.15. The number of hydrogen-bond acceptors (Lipinski definition) is 4. The van der Waals surface area contributed by atoms with Crippen LogP contribution in [0.5, 0.6) is 5.75 Å². The first kappa shape index (κ1) is 20.1. The molecule has 1 fully saturated rings. The van der Waals surface area contributed by atoms with Crippen molar-refractivity contribution < 1.29 is 14.3 Å². The Kier molecular flexibility index (Phi) is 5.57. The Morgan fingerprint density at radius 3 is 2.37 bits per heavy atom. The first-order valence-electron chi connectivity index (χ1n) is 10.4. The molecule has 0 bridgehead atoms. The van der Waals surface area contributed by atoms with Crippen LogP contribution >= 0.6 is 0 Å². The third-order valence-corrected chi connectivity index (χ3v) is 5.92. The summed E-state index contributed by atoms with van der Waals surface area (Å²) >= 11 is 0. The van der Waals surface area contributed by atoms with Crippen LogP contribution in [0.4, 0.5) is 5.69 Å². The number of nitrogens with zero attached hydrogens (tertiary/aromatic N) is 2. The maximum absolute atomic E-state index is 13.4. The van der Waals surface area contributed by atoms with Crippen LogP contribution in [0.2, 0.25) is 0 Å². The quantitative estimate of drug-likeness (QED) is 0.819. The van der Waals surface area contributed by atoms with Crippen molar-refractivity contribution in [1.82, 2.24) is 4.90 Å². The minimum absolute atomic E-state index is 0.00410. The highest BCUT2D eigenvalue weighted by atomic mass is 16.5. The highest BCUT2D eigenvalue weighted by Gasteiger charge is 2.48. The van der Waals surface area contributed by atoms with Gasteiger partial charge in [0.2, 0.25) is 5.91 Å². The lowest BCUT2D eigenvalue weighted by molar-refractivity contribution is -0.134. The number of ether oxygens (including phenoxy) is 1. The van der Waals surface area contributed by atoms with E-state index in [-0.39, 0.29) is 18.4 Å². The van der Waals surface area contributed by atoms with Gasteiger partial charge in [0.05, 0.1) is 7.11 Å². The minimum atomic E-state index is -0.616. The molecule has 1 aliphatic carbocycles. The molecule has 1 N–H and O–H groups in total. The molecule has 0 atom stereocenters. The molecule has 2 aromatic rings. The molecule has 4 rings (SSSR count). The van der Waals surface area contributed by atoms with Crippen LogP contribution < -0.4 is 10.1 Å². The van der Waals surface area contributed by atoms with Crippen LogP contribution in [0.25, 0.3) is 0 Å². The first-order valence-corrected chi connectivity index (χ1v) is 10.4. The summed E-state index contributed by atoms with van der Waals surface area (Å²) in [6.07, 6.45) is 4.71. The Labute approximate surface area is 176 Å². The van der Waals surface area contributed by atoms with E-state index in [0.717, 1.165) is 54.7 Å². The number of hydrogen-bond donors (Lipinski definition) is 1. The molecule has 2 amide bonds. The monoisotopic (exact) mass is 405 g/mol. The van der Waals surface area contributed by atoms with E-state index >= 15 is 0 Å². The van der Waals surface area contributed by atoms with E-state index in [1.807, 2.05) is 55.5 Å². The topological polar surface area (TPSA) is 71.0 Å². The summed E-state index contributed by atoms with van der Waals surface area (Å²) in [4.78, 5) is 32.7. The van der Waals surface area contributed by atoms with Gasteiger partial charge in [0.1, 0.15) is 23.7 Å². The second kappa shape index (κ2) is 8.30. The van der Waals surface area contributed by atoms with Crippen LogP contribution in [0.3, 0.4) is 0 Å². The second-order valence-corrected chi connectivity index (χ2v) is 8.04. The number of anilines is 1. The highest BCUT2D eigenvalue weighted by molar-refractivity contribution is 6.47. The third-order valence-electron chi connectivity index (χ3n) is 5.92. The fraction of sp³-hybridized carbons (Fsp3) is 0.375. The number of aryl methyl sites for hydroxylation is 1. The lowest BCUT2D eigenvalue weighted by Crippen LogP contribution is -2.51. The van der Waals surface area contributed by atoms with Gasteiger partial charge >= 0.3 is 0 Å². The summed E-state index contributed by atoms with van der Waals surface area (Å²) in [6, 6.07) is 15.0. The third kappa shape index (κ3) is 3.95. The first-order chi connectivity index (χ1) is 14.5. The molecular formula is C24H27N3O3. The highest BCUT2D eigenvalue weighted by Crippen LogP contribution is 2.39. The smallest absolute Gasteiger partial charge is 0.275 e. The van der Waals surface area contributed by atoms with Crippen molar-refractivity contribution in [2.24, 2.45) is 4.99 Å². The van der Waals surface area contributed by atoms with Gasteiger partial charge in [-0.2, -0.15) is 0 Å². The maximum Gasteiger partial charge on any atom is 0.275 e. The molecule has 0 unspecified atom stereocenters. The molecule has 0 radical (unpaired) electrons. The molecule has 0 saturated heterocycles. The number of nitrogens with one attached hydrogen (secondary N) is 1. The SMILES string of the molecule is COc1ccc(C2=NC3(CCCCC3)N(CC(=O)Nc3ccc(C)cc3)C2=O)cc1. The number of methoxy groups -OCH3 is 1. The lowest BCUT2D eigenvalue weighted by Gasteiger charge is -2.38. The van der Waals surface area contributed by atoms with Crippen molar-refractivity contribution in [3.05, 3.63) is 59.7 Å². The van der Waals surface area contributed by atoms with Gasteiger partial charge in [-0.1, -0.05) is 24.1 Å². The second-order valence-electron chi connectivity index (χ2n) is 8.04. The molecule has 2 aliphatic rings. The summed E-state index contributed by atoms with van der Waals surface area (Å²) in [5, 5.41) is 2.91. The van der Waals surface area contributed by atoms with E-state index in [1.54, 1.807) is 12.0 Å².